The van der Waals surface area contributed by atoms with Crippen molar-refractivity contribution in [2.24, 2.45) is 0 Å². The first-order valence-electron chi connectivity index (χ1n) is 3.08. The van der Waals surface area contributed by atoms with Gasteiger partial charge in [0.25, 0.3) is 0 Å². The predicted octanol–water partition coefficient (Wildman–Crippen LogP) is 1.82. The van der Waals surface area contributed by atoms with Crippen molar-refractivity contribution in [3.63, 3.8) is 0 Å². The van der Waals surface area contributed by atoms with Gasteiger partial charge in [-0.05, 0) is 12.1 Å². The molecule has 1 aromatic rings. The zero-order valence-electron chi connectivity index (χ0n) is 6.00. The third kappa shape index (κ3) is 2.05. The third-order valence-electron chi connectivity index (χ3n) is 1.23. The molecule has 1 rings (SSSR count). The summed E-state index contributed by atoms with van der Waals surface area (Å²) in [5.74, 6) is 0.357. The molecule has 1 aromatic carbocycles. The maximum Gasteiger partial charge on any atom is 0.221 e. The lowest BCUT2D eigenvalue weighted by Crippen LogP contribution is -1.99. The van der Waals surface area contributed by atoms with Gasteiger partial charge in [0.15, 0.2) is 5.75 Å². The Bertz CT molecular complexity index is 309. The van der Waals surface area contributed by atoms with Crippen LogP contribution in [0.4, 0.5) is 0 Å². The van der Waals surface area contributed by atoms with E-state index in [-0.39, 0.29) is 5.43 Å². The van der Waals surface area contributed by atoms with Gasteiger partial charge in [0.2, 0.25) is 5.43 Å². The molecule has 0 aliphatic rings. The lowest BCUT2D eigenvalue weighted by atomic mass is 10.5. The van der Waals surface area contributed by atoms with Crippen LogP contribution < -0.4 is 10.2 Å². The van der Waals surface area contributed by atoms with E-state index >= 15 is 0 Å². The quantitative estimate of drug-likeness (QED) is 0.714. The Morgan fingerprint density at radius 3 is 2.82 bits per heavy atom. The molecule has 0 fully saturated rings. The molecule has 0 saturated carbocycles. The summed E-state index contributed by atoms with van der Waals surface area (Å²) in [7, 11) is 1.48. The van der Waals surface area contributed by atoms with Crippen molar-refractivity contribution >= 4 is 15.9 Å². The molecule has 0 radical (unpaired) electrons. The van der Waals surface area contributed by atoms with Gasteiger partial charge in [-0.3, -0.25) is 4.79 Å². The molecule has 0 N–H and O–H groups in total. The smallest absolute Gasteiger partial charge is 0.221 e. The zero-order valence-corrected chi connectivity index (χ0v) is 7.59. The molecule has 2 nitrogen and oxygen atoms in total. The van der Waals surface area contributed by atoms with Crippen LogP contribution in [0.15, 0.2) is 33.5 Å². The Balaban J connectivity index is 3.35. The minimum absolute atomic E-state index is 0.121. The molecule has 0 atom stereocenters. The highest BCUT2D eigenvalue weighted by Crippen LogP contribution is 2.07. The Morgan fingerprint density at radius 1 is 1.45 bits per heavy atom. The first kappa shape index (κ1) is 8.27. The van der Waals surface area contributed by atoms with Crippen LogP contribution in [0, 0.1) is 0 Å². The topological polar surface area (TPSA) is 26.3 Å². The fourth-order valence-corrected chi connectivity index (χ4v) is 1.08. The second kappa shape index (κ2) is 3.53. The monoisotopic (exact) mass is 214 g/mol. The highest BCUT2D eigenvalue weighted by Gasteiger charge is 1.94. The van der Waals surface area contributed by atoms with Crippen LogP contribution in [0.1, 0.15) is 0 Å². The fourth-order valence-electron chi connectivity index (χ4n) is 0.723. The molecule has 58 valence electrons. The van der Waals surface area contributed by atoms with E-state index in [0.717, 1.165) is 4.47 Å². The van der Waals surface area contributed by atoms with Gasteiger partial charge in [-0.25, -0.2) is 0 Å². The average Bonchev–Trinajstić information content (AvgIpc) is 2.11. The van der Waals surface area contributed by atoms with Gasteiger partial charge in [0.1, 0.15) is 0 Å². The van der Waals surface area contributed by atoms with Crippen molar-refractivity contribution in [2.75, 3.05) is 7.11 Å². The van der Waals surface area contributed by atoms with E-state index in [0.29, 0.717) is 5.75 Å². The highest BCUT2D eigenvalue weighted by atomic mass is 79.9. The molecular formula is C8H7BrO2. The first-order chi connectivity index (χ1) is 5.24. The first-order valence-corrected chi connectivity index (χ1v) is 3.87. The Morgan fingerprint density at radius 2 is 2.18 bits per heavy atom. The van der Waals surface area contributed by atoms with E-state index in [1.165, 1.54) is 13.2 Å². The molecule has 0 unspecified atom stereocenters. The normalized spacial score (nSPS) is 9.27. The number of ether oxygens (including phenoxy) is 1. The van der Waals surface area contributed by atoms with Crippen molar-refractivity contribution < 1.29 is 4.74 Å². The highest BCUT2D eigenvalue weighted by molar-refractivity contribution is 9.10. The molecule has 0 amide bonds. The SMILES string of the molecule is COc1cccc(Br)cc1=O. The van der Waals surface area contributed by atoms with Crippen molar-refractivity contribution in [3.8, 4) is 5.75 Å². The molecule has 0 aliphatic heterocycles. The van der Waals surface area contributed by atoms with Crippen LogP contribution in [0.25, 0.3) is 0 Å². The number of hydrogen-bond acceptors (Lipinski definition) is 2. The lowest BCUT2D eigenvalue weighted by Gasteiger charge is -1.89. The van der Waals surface area contributed by atoms with Crippen LogP contribution in [0.3, 0.4) is 0 Å². The van der Waals surface area contributed by atoms with Gasteiger partial charge in [-0.1, -0.05) is 22.0 Å². The molecule has 0 aliphatic carbocycles. The second-order valence-corrected chi connectivity index (χ2v) is 2.90. The third-order valence-corrected chi connectivity index (χ3v) is 1.73. The van der Waals surface area contributed by atoms with Crippen LogP contribution in [-0.4, -0.2) is 7.11 Å². The van der Waals surface area contributed by atoms with Gasteiger partial charge in [-0.15, -0.1) is 0 Å². The van der Waals surface area contributed by atoms with E-state index in [2.05, 4.69) is 15.9 Å². The Kier molecular flexibility index (Phi) is 2.65. The summed E-state index contributed by atoms with van der Waals surface area (Å²) in [5.41, 5.74) is -0.121. The van der Waals surface area contributed by atoms with Gasteiger partial charge in [-0.2, -0.15) is 0 Å². The van der Waals surface area contributed by atoms with Gasteiger partial charge in [0, 0.05) is 10.5 Å². The Labute approximate surface area is 72.9 Å². The van der Waals surface area contributed by atoms with Gasteiger partial charge in [0.05, 0.1) is 7.11 Å². The number of hydrogen-bond donors (Lipinski definition) is 0. The maximum atomic E-state index is 11.1. The summed E-state index contributed by atoms with van der Waals surface area (Å²) in [6.45, 7) is 0. The fraction of sp³-hybridized carbons (Fsp3) is 0.125. The molecule has 3 heteroatoms. The van der Waals surface area contributed by atoms with E-state index in [4.69, 9.17) is 4.74 Å². The Hall–Kier alpha value is -0.830. The van der Waals surface area contributed by atoms with E-state index in [1.54, 1.807) is 18.2 Å². The van der Waals surface area contributed by atoms with Crippen molar-refractivity contribution in [1.29, 1.82) is 0 Å². The van der Waals surface area contributed by atoms with Crippen LogP contribution in [0.2, 0.25) is 0 Å². The predicted molar refractivity (Wildman–Crippen MR) is 47.0 cm³/mol. The van der Waals surface area contributed by atoms with Crippen molar-refractivity contribution in [3.05, 3.63) is 39.0 Å². The van der Waals surface area contributed by atoms with Crippen LogP contribution in [0.5, 0.6) is 5.75 Å². The van der Waals surface area contributed by atoms with Crippen molar-refractivity contribution in [1.82, 2.24) is 0 Å². The summed E-state index contributed by atoms with van der Waals surface area (Å²) < 4.78 is 5.58. The standard InChI is InChI=1S/C8H7BrO2/c1-11-8-4-2-3-6(9)5-7(8)10/h2-5H,1H3. The second-order valence-electron chi connectivity index (χ2n) is 1.99. The maximum absolute atomic E-state index is 11.1. The van der Waals surface area contributed by atoms with E-state index in [1.807, 2.05) is 0 Å². The summed E-state index contributed by atoms with van der Waals surface area (Å²) in [6, 6.07) is 6.64. The zero-order chi connectivity index (χ0) is 8.27. The lowest BCUT2D eigenvalue weighted by molar-refractivity contribution is 0.411. The number of halogens is 1. The molecule has 0 saturated heterocycles. The average molecular weight is 215 g/mol. The molecule has 0 aromatic heterocycles. The molecule has 0 heterocycles. The van der Waals surface area contributed by atoms with Crippen LogP contribution in [-0.2, 0) is 0 Å². The van der Waals surface area contributed by atoms with Gasteiger partial charge >= 0.3 is 0 Å². The largest absolute Gasteiger partial charge is 0.493 e. The summed E-state index contributed by atoms with van der Waals surface area (Å²) >= 11 is 3.20. The van der Waals surface area contributed by atoms with Crippen molar-refractivity contribution in [2.45, 2.75) is 0 Å². The van der Waals surface area contributed by atoms with Crippen LogP contribution >= 0.6 is 15.9 Å². The number of rotatable bonds is 1. The summed E-state index contributed by atoms with van der Waals surface area (Å²) in [6.07, 6.45) is 0. The van der Waals surface area contributed by atoms with E-state index < -0.39 is 0 Å². The minimum Gasteiger partial charge on any atom is -0.493 e. The molecular weight excluding hydrogens is 208 g/mol. The number of methoxy groups -OCH3 is 1. The molecule has 0 bridgehead atoms. The molecule has 0 spiro atoms. The summed E-state index contributed by atoms with van der Waals surface area (Å²) in [5, 5.41) is 0. The minimum atomic E-state index is -0.121. The van der Waals surface area contributed by atoms with Gasteiger partial charge < -0.3 is 4.74 Å². The van der Waals surface area contributed by atoms with E-state index in [9.17, 15) is 4.79 Å². The molecule has 11 heavy (non-hydrogen) atoms. The summed E-state index contributed by atoms with van der Waals surface area (Å²) in [4.78, 5) is 11.1.